The summed E-state index contributed by atoms with van der Waals surface area (Å²) in [5.41, 5.74) is 1.69. The van der Waals surface area contributed by atoms with E-state index in [1.807, 2.05) is 51.1 Å². The van der Waals surface area contributed by atoms with Gasteiger partial charge in [-0.15, -0.1) is 0 Å². The van der Waals surface area contributed by atoms with Crippen molar-refractivity contribution in [3.63, 3.8) is 0 Å². The van der Waals surface area contributed by atoms with E-state index in [0.29, 0.717) is 20.6 Å². The van der Waals surface area contributed by atoms with E-state index in [1.165, 1.54) is 23.1 Å². The van der Waals surface area contributed by atoms with E-state index < -0.39 is 40.0 Å². The maximum Gasteiger partial charge on any atom is 0.264 e. The molecular weight excluding hydrogens is 665 g/mol. The highest BCUT2D eigenvalue weighted by molar-refractivity contribution is 7.92. The van der Waals surface area contributed by atoms with Gasteiger partial charge in [0.05, 0.1) is 10.6 Å². The maximum atomic E-state index is 14.6. The first kappa shape index (κ1) is 35.3. The summed E-state index contributed by atoms with van der Waals surface area (Å²) in [5, 5.41) is 4.06. The number of carbonyl (C=O) groups excluding carboxylic acids is 2. The molecule has 0 fully saturated rings. The molecule has 4 aromatic carbocycles. The first-order chi connectivity index (χ1) is 21.7. The van der Waals surface area contributed by atoms with Gasteiger partial charge in [0.1, 0.15) is 12.6 Å². The van der Waals surface area contributed by atoms with E-state index in [0.717, 1.165) is 15.4 Å². The molecule has 0 bridgehead atoms. The minimum atomic E-state index is -4.25. The number of benzene rings is 4. The van der Waals surface area contributed by atoms with Gasteiger partial charge in [-0.3, -0.25) is 13.9 Å². The normalized spacial score (nSPS) is 12.3. The van der Waals surface area contributed by atoms with Crippen LogP contribution in [0.5, 0.6) is 0 Å². The van der Waals surface area contributed by atoms with E-state index in [2.05, 4.69) is 5.32 Å². The lowest BCUT2D eigenvalue weighted by Gasteiger charge is -2.35. The minimum absolute atomic E-state index is 0.00176. The summed E-state index contributed by atoms with van der Waals surface area (Å²) in [6.07, 6.45) is 0.168. The van der Waals surface area contributed by atoms with Gasteiger partial charge < -0.3 is 10.2 Å². The van der Waals surface area contributed by atoms with Crippen molar-refractivity contribution < 1.29 is 18.0 Å². The molecule has 0 heterocycles. The number of hydrogen-bond acceptors (Lipinski definition) is 4. The van der Waals surface area contributed by atoms with Gasteiger partial charge in [0.15, 0.2) is 0 Å². The molecule has 0 saturated carbocycles. The molecule has 0 aliphatic rings. The lowest BCUT2D eigenvalue weighted by molar-refractivity contribution is -0.140. The fourth-order valence-electron chi connectivity index (χ4n) is 4.83. The van der Waals surface area contributed by atoms with Crippen molar-refractivity contribution in [2.45, 2.75) is 57.1 Å². The van der Waals surface area contributed by atoms with Crippen LogP contribution >= 0.6 is 34.8 Å². The molecule has 0 aliphatic heterocycles. The van der Waals surface area contributed by atoms with Crippen LogP contribution in [0.2, 0.25) is 15.1 Å². The van der Waals surface area contributed by atoms with E-state index >= 15 is 0 Å². The van der Waals surface area contributed by atoms with Crippen molar-refractivity contribution in [2.75, 3.05) is 10.8 Å². The van der Waals surface area contributed by atoms with Gasteiger partial charge in [-0.05, 0) is 80.8 Å². The predicted molar refractivity (Wildman–Crippen MR) is 186 cm³/mol. The van der Waals surface area contributed by atoms with E-state index in [4.69, 9.17) is 34.8 Å². The Morgan fingerprint density at radius 2 is 1.46 bits per heavy atom. The highest BCUT2D eigenvalue weighted by atomic mass is 35.5. The number of halogens is 3. The van der Waals surface area contributed by atoms with Crippen molar-refractivity contribution in [1.29, 1.82) is 0 Å². The fourth-order valence-corrected chi connectivity index (χ4v) is 6.90. The highest BCUT2D eigenvalue weighted by Crippen LogP contribution is 2.30. The molecule has 0 spiro atoms. The summed E-state index contributed by atoms with van der Waals surface area (Å²) >= 11 is 19.2. The second kappa shape index (κ2) is 14.9. The summed E-state index contributed by atoms with van der Waals surface area (Å²) in [5.74, 6) is -1.02. The largest absolute Gasteiger partial charge is 0.350 e. The summed E-state index contributed by atoms with van der Waals surface area (Å²) in [4.78, 5) is 29.9. The minimum Gasteiger partial charge on any atom is -0.350 e. The van der Waals surface area contributed by atoms with Crippen molar-refractivity contribution in [3.8, 4) is 0 Å². The van der Waals surface area contributed by atoms with Crippen molar-refractivity contribution >= 4 is 62.3 Å². The van der Waals surface area contributed by atoms with Crippen LogP contribution in [0, 0.1) is 6.92 Å². The van der Waals surface area contributed by atoms with Crippen LogP contribution in [-0.2, 0) is 32.6 Å². The Morgan fingerprint density at radius 1 is 0.826 bits per heavy atom. The predicted octanol–water partition coefficient (Wildman–Crippen LogP) is 7.71. The molecule has 46 heavy (non-hydrogen) atoms. The lowest BCUT2D eigenvalue weighted by Crippen LogP contribution is -2.56. The second-order valence-corrected chi connectivity index (χ2v) is 15.1. The molecule has 7 nitrogen and oxygen atoms in total. The van der Waals surface area contributed by atoms with Gasteiger partial charge in [-0.1, -0.05) is 95.5 Å². The lowest BCUT2D eigenvalue weighted by atomic mass is 10.0. The second-order valence-electron chi connectivity index (χ2n) is 12.0. The molecule has 0 aliphatic carbocycles. The maximum absolute atomic E-state index is 14.6. The monoisotopic (exact) mass is 699 g/mol. The van der Waals surface area contributed by atoms with Gasteiger partial charge in [0.2, 0.25) is 11.8 Å². The van der Waals surface area contributed by atoms with Crippen LogP contribution in [0.3, 0.4) is 0 Å². The third-order valence-corrected chi connectivity index (χ3v) is 9.96. The van der Waals surface area contributed by atoms with Crippen LogP contribution in [-0.4, -0.2) is 43.3 Å². The number of amides is 2. The number of sulfonamides is 1. The summed E-state index contributed by atoms with van der Waals surface area (Å²) in [6.45, 7) is 6.65. The Hall–Kier alpha value is -3.56. The van der Waals surface area contributed by atoms with Gasteiger partial charge in [-0.2, -0.15) is 0 Å². The van der Waals surface area contributed by atoms with Crippen molar-refractivity contribution in [1.82, 2.24) is 10.2 Å². The van der Waals surface area contributed by atoms with Gasteiger partial charge in [0, 0.05) is 33.6 Å². The standard InChI is InChI=1S/C35H36Cl3N3O4S/c1-24-15-18-28(21-30(24)37)41(46(44,45)29-13-9-6-10-14-29)23-33(42)40(22-26-16-17-27(36)20-31(26)38)32(34(43)39-35(2,3)4)19-25-11-7-5-8-12-25/h5-18,20-21,32H,19,22-23H2,1-4H3,(H,39,43)/t32-/m0/s1. The Kier molecular flexibility index (Phi) is 11.4. The molecule has 0 radical (unpaired) electrons. The molecular formula is C35H36Cl3N3O4S. The molecule has 1 atom stereocenters. The first-order valence-corrected chi connectivity index (χ1v) is 17.2. The smallest absolute Gasteiger partial charge is 0.264 e. The molecule has 2 amide bonds. The third-order valence-electron chi connectivity index (χ3n) is 7.18. The van der Waals surface area contributed by atoms with Crippen LogP contribution < -0.4 is 9.62 Å². The topological polar surface area (TPSA) is 86.8 Å². The Bertz CT molecular complexity index is 1800. The third kappa shape index (κ3) is 9.04. The Morgan fingerprint density at radius 3 is 2.04 bits per heavy atom. The molecule has 242 valence electrons. The quantitative estimate of drug-likeness (QED) is 0.174. The number of nitrogens with one attached hydrogen (secondary N) is 1. The SMILES string of the molecule is Cc1ccc(N(CC(=O)N(Cc2ccc(Cl)cc2Cl)[C@@H](Cc2ccccc2)C(=O)NC(C)(C)C)S(=O)(=O)c2ccccc2)cc1Cl. The van der Waals surface area contributed by atoms with Gasteiger partial charge in [0.25, 0.3) is 10.0 Å². The number of anilines is 1. The van der Waals surface area contributed by atoms with Gasteiger partial charge >= 0.3 is 0 Å². The number of nitrogens with zero attached hydrogens (tertiary/aromatic N) is 2. The van der Waals surface area contributed by atoms with E-state index in [9.17, 15) is 18.0 Å². The zero-order valence-electron chi connectivity index (χ0n) is 26.0. The summed E-state index contributed by atoms with van der Waals surface area (Å²) in [7, 11) is -4.25. The number of rotatable bonds is 11. The van der Waals surface area contributed by atoms with Gasteiger partial charge in [-0.25, -0.2) is 8.42 Å². The van der Waals surface area contributed by atoms with Crippen LogP contribution in [0.15, 0.2) is 102 Å². The fraction of sp³-hybridized carbons (Fsp3) is 0.257. The molecule has 4 rings (SSSR count). The highest BCUT2D eigenvalue weighted by Gasteiger charge is 2.36. The molecule has 1 N–H and O–H groups in total. The van der Waals surface area contributed by atoms with E-state index in [1.54, 1.807) is 55.5 Å². The Labute approximate surface area is 286 Å². The zero-order valence-corrected chi connectivity index (χ0v) is 29.1. The molecule has 0 saturated heterocycles. The molecule has 0 unspecified atom stereocenters. The van der Waals surface area contributed by atoms with Crippen molar-refractivity contribution in [3.05, 3.63) is 129 Å². The Balaban J connectivity index is 1.85. The molecule has 0 aromatic heterocycles. The van der Waals surface area contributed by atoms with E-state index in [-0.39, 0.29) is 23.5 Å². The average Bonchev–Trinajstić information content (AvgIpc) is 3.00. The number of aryl methyl sites for hydroxylation is 1. The van der Waals surface area contributed by atoms with Crippen LogP contribution in [0.25, 0.3) is 0 Å². The first-order valence-electron chi connectivity index (χ1n) is 14.6. The average molecular weight is 701 g/mol. The molecule has 11 heteroatoms. The van der Waals surface area contributed by atoms with Crippen LogP contribution in [0.4, 0.5) is 5.69 Å². The number of hydrogen-bond donors (Lipinski definition) is 1. The summed E-state index contributed by atoms with van der Waals surface area (Å²) in [6, 6.07) is 25.8. The summed E-state index contributed by atoms with van der Waals surface area (Å²) < 4.78 is 29.3. The number of carbonyl (C=O) groups is 2. The zero-order chi connectivity index (χ0) is 33.6. The van der Waals surface area contributed by atoms with Crippen LogP contribution in [0.1, 0.15) is 37.5 Å². The van der Waals surface area contributed by atoms with Crippen molar-refractivity contribution in [2.24, 2.45) is 0 Å². The molecule has 4 aromatic rings.